The van der Waals surface area contributed by atoms with E-state index in [4.69, 9.17) is 5.11 Å². The molecule has 7 heteroatoms. The van der Waals surface area contributed by atoms with Crippen LogP contribution in [0.2, 0.25) is 0 Å². The molecule has 0 radical (unpaired) electrons. The molecule has 1 aromatic heterocycles. The van der Waals surface area contributed by atoms with Crippen LogP contribution in [-0.4, -0.2) is 33.4 Å². The summed E-state index contributed by atoms with van der Waals surface area (Å²) < 4.78 is 34.5. The molecule has 0 bridgehead atoms. The minimum Gasteiger partial charge on any atom is -0.478 e. The topological polar surface area (TPSA) is 55.1 Å². The summed E-state index contributed by atoms with van der Waals surface area (Å²) in [5, 5.41) is 11.5. The molecule has 1 N–H and O–H groups in total. The van der Waals surface area contributed by atoms with E-state index in [-0.39, 0.29) is 22.6 Å². The zero-order valence-corrected chi connectivity index (χ0v) is 7.82. The van der Waals surface area contributed by atoms with E-state index in [0.717, 1.165) is 6.20 Å². The third-order valence-electron chi connectivity index (χ3n) is 1.82. The smallest absolute Gasteiger partial charge is 0.339 e. The average Bonchev–Trinajstić information content (AvgIpc) is 2.66. The molecule has 1 heterocycles. The molecule has 0 amide bonds. The SMILES string of the molecule is Cc1c(C(=O)O)cnn1F.FC1CC1F. The highest BCUT2D eigenvalue weighted by atomic mass is 19.2. The summed E-state index contributed by atoms with van der Waals surface area (Å²) in [5.41, 5.74) is -0.102. The number of alkyl halides is 2. The molecule has 0 aliphatic heterocycles. The summed E-state index contributed by atoms with van der Waals surface area (Å²) in [6.45, 7) is 1.34. The fourth-order valence-corrected chi connectivity index (χ4v) is 0.734. The summed E-state index contributed by atoms with van der Waals surface area (Å²) in [6, 6.07) is 0. The molecule has 2 atom stereocenters. The summed E-state index contributed by atoms with van der Waals surface area (Å²) >= 11 is 0. The lowest BCUT2D eigenvalue weighted by molar-refractivity contribution is 0.0695. The van der Waals surface area contributed by atoms with E-state index in [0.29, 0.717) is 0 Å². The van der Waals surface area contributed by atoms with Crippen LogP contribution in [0.1, 0.15) is 22.5 Å². The normalized spacial score (nSPS) is 22.9. The van der Waals surface area contributed by atoms with E-state index >= 15 is 0 Å². The third-order valence-corrected chi connectivity index (χ3v) is 1.82. The molecule has 0 saturated heterocycles. The highest BCUT2D eigenvalue weighted by molar-refractivity contribution is 5.88. The van der Waals surface area contributed by atoms with Crippen LogP contribution in [0.4, 0.5) is 13.3 Å². The van der Waals surface area contributed by atoms with Gasteiger partial charge in [-0.1, -0.05) is 9.39 Å². The van der Waals surface area contributed by atoms with E-state index in [2.05, 4.69) is 5.10 Å². The maximum Gasteiger partial charge on any atom is 0.339 e. The Balaban J connectivity index is 0.000000187. The molecule has 2 rings (SSSR count). The highest BCUT2D eigenvalue weighted by Crippen LogP contribution is 2.28. The van der Waals surface area contributed by atoms with Gasteiger partial charge in [0.05, 0.1) is 11.9 Å². The van der Waals surface area contributed by atoms with Gasteiger partial charge in [0.1, 0.15) is 17.9 Å². The fourth-order valence-electron chi connectivity index (χ4n) is 0.734. The van der Waals surface area contributed by atoms with E-state index < -0.39 is 18.3 Å². The van der Waals surface area contributed by atoms with Crippen LogP contribution >= 0.6 is 0 Å². The number of carboxylic acid groups (broad SMARTS) is 1. The number of aromatic nitrogens is 2. The number of aromatic carboxylic acids is 1. The Hall–Kier alpha value is -1.53. The van der Waals surface area contributed by atoms with Crippen LogP contribution in [0.15, 0.2) is 6.20 Å². The van der Waals surface area contributed by atoms with Gasteiger partial charge in [-0.2, -0.15) is 0 Å². The van der Waals surface area contributed by atoms with E-state index in [1.807, 2.05) is 0 Å². The molecular weight excluding hydrogens is 213 g/mol. The minimum atomic E-state index is -1.17. The van der Waals surface area contributed by atoms with Crippen LogP contribution in [0.5, 0.6) is 0 Å². The summed E-state index contributed by atoms with van der Waals surface area (Å²) in [4.78, 5) is 10.2. The van der Waals surface area contributed by atoms with Gasteiger partial charge in [0.2, 0.25) is 0 Å². The molecule has 1 aromatic rings. The number of rotatable bonds is 1. The molecule has 0 spiro atoms. The predicted octanol–water partition coefficient (Wildman–Crippen LogP) is 1.69. The molecule has 1 aliphatic carbocycles. The lowest BCUT2D eigenvalue weighted by atomic mass is 10.3. The van der Waals surface area contributed by atoms with Crippen molar-refractivity contribution in [2.24, 2.45) is 0 Å². The van der Waals surface area contributed by atoms with Crippen LogP contribution < -0.4 is 0 Å². The molecule has 84 valence electrons. The maximum atomic E-state index is 12.2. The fraction of sp³-hybridized carbons (Fsp3) is 0.500. The van der Waals surface area contributed by atoms with E-state index in [1.54, 1.807) is 0 Å². The second-order valence-corrected chi connectivity index (χ2v) is 3.08. The Labute approximate surface area is 83.3 Å². The zero-order chi connectivity index (χ0) is 11.6. The van der Waals surface area contributed by atoms with Gasteiger partial charge in [-0.05, 0) is 6.92 Å². The molecule has 0 aromatic carbocycles. The Bertz CT molecular complexity index is 361. The largest absolute Gasteiger partial charge is 0.478 e. The molecular formula is C8H9F3N2O2. The van der Waals surface area contributed by atoms with Crippen molar-refractivity contribution in [2.45, 2.75) is 25.7 Å². The van der Waals surface area contributed by atoms with Crippen molar-refractivity contribution in [3.63, 3.8) is 0 Å². The number of nitrogens with zero attached hydrogens (tertiary/aromatic N) is 2. The Morgan fingerprint density at radius 3 is 2.20 bits per heavy atom. The molecule has 4 nitrogen and oxygen atoms in total. The highest BCUT2D eigenvalue weighted by Gasteiger charge is 2.37. The van der Waals surface area contributed by atoms with Gasteiger partial charge in [0.25, 0.3) is 0 Å². The van der Waals surface area contributed by atoms with E-state index in [9.17, 15) is 18.1 Å². The number of hydrogen-bond donors (Lipinski definition) is 1. The van der Waals surface area contributed by atoms with E-state index in [1.165, 1.54) is 6.92 Å². The van der Waals surface area contributed by atoms with Crippen LogP contribution in [0, 0.1) is 6.92 Å². The molecule has 1 saturated carbocycles. The van der Waals surface area contributed by atoms with Crippen molar-refractivity contribution < 1.29 is 23.2 Å². The number of hydrogen-bond acceptors (Lipinski definition) is 2. The maximum absolute atomic E-state index is 12.2. The number of halogens is 3. The van der Waals surface area contributed by atoms with Gasteiger partial charge in [0, 0.05) is 6.42 Å². The van der Waals surface area contributed by atoms with Crippen molar-refractivity contribution in [2.75, 3.05) is 0 Å². The first-order chi connectivity index (χ1) is 6.93. The zero-order valence-electron chi connectivity index (χ0n) is 7.82. The van der Waals surface area contributed by atoms with Gasteiger partial charge >= 0.3 is 5.97 Å². The summed E-state index contributed by atoms with van der Waals surface area (Å²) in [7, 11) is 0. The average molecular weight is 222 g/mol. The van der Waals surface area contributed by atoms with Crippen molar-refractivity contribution in [1.82, 2.24) is 10.0 Å². The van der Waals surface area contributed by atoms with Gasteiger partial charge < -0.3 is 5.11 Å². The first-order valence-corrected chi connectivity index (χ1v) is 4.15. The number of carboxylic acids is 1. The molecule has 1 aliphatic rings. The second kappa shape index (κ2) is 4.33. The van der Waals surface area contributed by atoms with Crippen LogP contribution in [0.3, 0.4) is 0 Å². The quantitative estimate of drug-likeness (QED) is 0.786. The Morgan fingerprint density at radius 2 is 2.07 bits per heavy atom. The van der Waals surface area contributed by atoms with Crippen LogP contribution in [-0.2, 0) is 0 Å². The Kier molecular flexibility index (Phi) is 3.33. The van der Waals surface area contributed by atoms with Gasteiger partial charge in [-0.25, -0.2) is 13.6 Å². The second-order valence-electron chi connectivity index (χ2n) is 3.08. The third kappa shape index (κ3) is 2.97. The summed E-state index contributed by atoms with van der Waals surface area (Å²) in [6.07, 6.45) is -1.12. The van der Waals surface area contributed by atoms with Gasteiger partial charge in [-0.15, -0.1) is 5.10 Å². The van der Waals surface area contributed by atoms with Gasteiger partial charge in [0.15, 0.2) is 0 Å². The molecule has 15 heavy (non-hydrogen) atoms. The first-order valence-electron chi connectivity index (χ1n) is 4.15. The Morgan fingerprint density at radius 1 is 1.60 bits per heavy atom. The van der Waals surface area contributed by atoms with Crippen molar-refractivity contribution in [3.05, 3.63) is 17.5 Å². The number of carbonyl (C=O) groups is 1. The predicted molar refractivity (Wildman–Crippen MR) is 44.8 cm³/mol. The lowest BCUT2D eigenvalue weighted by Crippen LogP contribution is -1.97. The van der Waals surface area contributed by atoms with Crippen molar-refractivity contribution >= 4 is 5.97 Å². The molecule has 1 fully saturated rings. The monoisotopic (exact) mass is 222 g/mol. The van der Waals surface area contributed by atoms with Crippen LogP contribution in [0.25, 0.3) is 0 Å². The molecule has 2 unspecified atom stereocenters. The minimum absolute atomic E-state index is 0.00694. The van der Waals surface area contributed by atoms with Crippen molar-refractivity contribution in [3.8, 4) is 0 Å². The van der Waals surface area contributed by atoms with Crippen molar-refractivity contribution in [1.29, 1.82) is 0 Å². The summed E-state index contributed by atoms with van der Waals surface area (Å²) in [5.74, 6) is -1.17. The first kappa shape index (κ1) is 11.5. The lowest BCUT2D eigenvalue weighted by Gasteiger charge is -1.88. The van der Waals surface area contributed by atoms with Gasteiger partial charge in [-0.3, -0.25) is 0 Å². The standard InChI is InChI=1S/C5H5FN2O2.C3H4F2/c1-3-4(5(9)10)2-7-8(3)6;4-2-1-3(2)5/h2H,1H3,(H,9,10);2-3H,1H2.